The highest BCUT2D eigenvalue weighted by Gasteiger charge is 2.38. The second-order valence-corrected chi connectivity index (χ2v) is 22.4. The van der Waals surface area contributed by atoms with E-state index in [1.54, 1.807) is 46.7 Å². The number of carbonyl (C=O) groups is 11. The maximum atomic E-state index is 14.5. The summed E-state index contributed by atoms with van der Waals surface area (Å²) in [5.74, 6) is -9.77. The van der Waals surface area contributed by atoms with Crippen molar-refractivity contribution in [3.63, 3.8) is 0 Å². The van der Waals surface area contributed by atoms with Gasteiger partial charge in [-0.05, 0) is 130 Å². The SMILES string of the molecule is CCCCCCCC(=O)N[C@@H](CCN)C(=O)N[C@H](C(=O)N[C@@H](CCN(C)C)C(=O)N[C@H]1CCNC(=O)[C@H]([C@@H](C)O)NC(=O)[C@H](CCN)NC(=O)[C@H](CCN)NC(=O)[C@H](CC(C)C)NC(=O)[C@@H](CC(C)C)NC(=O)[C@H](CCN)NC1=O)[C@@H](C)O. The molecule has 0 aromatic heterocycles. The summed E-state index contributed by atoms with van der Waals surface area (Å²) >= 11 is 0. The fourth-order valence-corrected chi connectivity index (χ4v) is 8.89. The van der Waals surface area contributed by atoms with Gasteiger partial charge in [0.2, 0.25) is 65.0 Å². The molecule has 11 amide bonds. The van der Waals surface area contributed by atoms with Crippen LogP contribution in [0, 0.1) is 11.8 Å². The van der Waals surface area contributed by atoms with E-state index in [9.17, 15) is 63.0 Å². The summed E-state index contributed by atoms with van der Waals surface area (Å²) < 4.78 is 0. The molecule has 0 radical (unpaired) electrons. The maximum absolute atomic E-state index is 14.5. The van der Waals surface area contributed by atoms with Crippen molar-refractivity contribution in [3.05, 3.63) is 0 Å². The third-order valence-electron chi connectivity index (χ3n) is 13.5. The molecular weight excluding hydrogens is 1080 g/mol. The molecule has 83 heavy (non-hydrogen) atoms. The summed E-state index contributed by atoms with van der Waals surface area (Å²) in [7, 11) is 3.38. The first-order valence-corrected chi connectivity index (χ1v) is 29.3. The van der Waals surface area contributed by atoms with Gasteiger partial charge in [-0.1, -0.05) is 60.3 Å². The number of unbranched alkanes of at least 4 members (excludes halogenated alkanes) is 4. The van der Waals surface area contributed by atoms with Crippen LogP contribution in [0.2, 0.25) is 0 Å². The lowest BCUT2D eigenvalue weighted by molar-refractivity contribution is -0.137. The van der Waals surface area contributed by atoms with E-state index in [0.29, 0.717) is 6.42 Å². The first-order valence-electron chi connectivity index (χ1n) is 29.3. The smallest absolute Gasteiger partial charge is 0.245 e. The lowest BCUT2D eigenvalue weighted by atomic mass is 9.99. The molecule has 1 saturated heterocycles. The summed E-state index contributed by atoms with van der Waals surface area (Å²) in [6, 6.07) is -14.3. The van der Waals surface area contributed by atoms with Crippen LogP contribution in [-0.4, -0.2) is 206 Å². The molecule has 0 bridgehead atoms. The largest absolute Gasteiger partial charge is 0.391 e. The minimum absolute atomic E-state index is 0.000531. The van der Waals surface area contributed by atoms with Crippen LogP contribution >= 0.6 is 0 Å². The Bertz CT molecular complexity index is 2080. The molecule has 21 N–H and O–H groups in total. The van der Waals surface area contributed by atoms with E-state index in [4.69, 9.17) is 22.9 Å². The number of amides is 11. The van der Waals surface area contributed by atoms with Gasteiger partial charge in [-0.15, -0.1) is 0 Å². The van der Waals surface area contributed by atoms with E-state index in [-0.39, 0.29) is 95.9 Å². The molecule has 0 aromatic rings. The number of hydrogen-bond donors (Lipinski definition) is 17. The number of aliphatic hydroxyl groups is 2. The second-order valence-electron chi connectivity index (χ2n) is 22.4. The van der Waals surface area contributed by atoms with Gasteiger partial charge in [0.25, 0.3) is 0 Å². The Morgan fingerprint density at radius 2 is 1.01 bits per heavy atom. The van der Waals surface area contributed by atoms with Crippen LogP contribution in [0.1, 0.15) is 138 Å². The Morgan fingerprint density at radius 3 is 1.46 bits per heavy atom. The van der Waals surface area contributed by atoms with Crippen molar-refractivity contribution < 1.29 is 63.0 Å². The Balaban J connectivity index is 3.90. The molecule has 1 rings (SSSR count). The number of carbonyl (C=O) groups excluding carboxylic acids is 11. The number of nitrogens with two attached hydrogens (primary N) is 4. The fraction of sp³-hybridized carbons (Fsp3) is 0.796. The standard InChI is InChI=1S/C54H102N16O13/c1-10-11-12-13-14-15-42(73)60-34(16-22-55)49(78)69-44(33(7)72)54(83)65-39(21-27-70(8)9)48(77)64-38-20-26-59-53(82)43(32(6)71)68-50(79)37(19-25-58)62-45(74)35(17-23-56)63-51(80)40(28-30(2)3)67-52(81)41(29-31(4)5)66-46(75)36(18-24-57)61-47(38)76/h30-41,43-44,71-72H,10-29,55-58H2,1-9H3,(H,59,82)(H,60,73)(H,61,76)(H,62,74)(H,63,80)(H,64,77)(H,65,83)(H,66,75)(H,67,81)(H,68,79)(H,69,78)/t32-,33-,34+,35+,36+,37+,38+,39+,40+,41-,43+,44+/m1/s1. The monoisotopic (exact) mass is 1180 g/mol. The minimum Gasteiger partial charge on any atom is -0.391 e. The molecule has 0 saturated carbocycles. The topological polar surface area (TPSA) is 468 Å². The number of aliphatic hydroxyl groups excluding tert-OH is 2. The highest BCUT2D eigenvalue weighted by molar-refractivity contribution is 5.99. The summed E-state index contributed by atoms with van der Waals surface area (Å²) in [6.07, 6.45) is 0.589. The molecule has 0 spiro atoms. The molecule has 0 aromatic carbocycles. The van der Waals surface area contributed by atoms with Gasteiger partial charge in [-0.3, -0.25) is 52.7 Å². The van der Waals surface area contributed by atoms with Crippen LogP contribution in [0.3, 0.4) is 0 Å². The molecular formula is C54H102N16O13. The molecule has 29 nitrogen and oxygen atoms in total. The van der Waals surface area contributed by atoms with E-state index in [1.165, 1.54) is 13.8 Å². The molecule has 1 aliphatic heterocycles. The van der Waals surface area contributed by atoms with Crippen molar-refractivity contribution >= 4 is 65.0 Å². The average Bonchev–Trinajstić information content (AvgIpc) is 3.41. The Kier molecular flexibility index (Phi) is 36.3. The molecule has 12 atom stereocenters. The van der Waals surface area contributed by atoms with Crippen molar-refractivity contribution in [1.82, 2.24) is 63.4 Å². The van der Waals surface area contributed by atoms with Gasteiger partial charge in [0.1, 0.15) is 60.4 Å². The summed E-state index contributed by atoms with van der Waals surface area (Å²) in [6.45, 7) is 11.0. The zero-order chi connectivity index (χ0) is 62.9. The number of nitrogens with one attached hydrogen (secondary N) is 11. The predicted octanol–water partition coefficient (Wildman–Crippen LogP) is -5.08. The fourth-order valence-electron chi connectivity index (χ4n) is 8.89. The van der Waals surface area contributed by atoms with Gasteiger partial charge in [0.05, 0.1) is 12.2 Å². The van der Waals surface area contributed by atoms with Crippen molar-refractivity contribution in [2.75, 3.05) is 53.4 Å². The second kappa shape index (κ2) is 40.2. The normalized spacial score (nSPS) is 23.0. The minimum atomic E-state index is -1.67. The van der Waals surface area contributed by atoms with Crippen LogP contribution in [-0.2, 0) is 52.7 Å². The zero-order valence-corrected chi connectivity index (χ0v) is 50.4. The number of nitrogens with zero attached hydrogens (tertiary/aromatic N) is 1. The maximum Gasteiger partial charge on any atom is 0.245 e. The summed E-state index contributed by atoms with van der Waals surface area (Å²) in [5, 5.41) is 50.0. The van der Waals surface area contributed by atoms with E-state index in [2.05, 4.69) is 65.4 Å². The summed E-state index contributed by atoms with van der Waals surface area (Å²) in [5.41, 5.74) is 23.4. The Hall–Kier alpha value is -6.11. The third-order valence-corrected chi connectivity index (χ3v) is 13.5. The third kappa shape index (κ3) is 28.8. The Labute approximate surface area is 489 Å². The molecule has 476 valence electrons. The highest BCUT2D eigenvalue weighted by atomic mass is 16.3. The molecule has 1 heterocycles. The predicted molar refractivity (Wildman–Crippen MR) is 310 cm³/mol. The van der Waals surface area contributed by atoms with E-state index < -0.39 is 151 Å². The van der Waals surface area contributed by atoms with Gasteiger partial charge in [-0.2, -0.15) is 0 Å². The molecule has 1 fully saturated rings. The van der Waals surface area contributed by atoms with Gasteiger partial charge >= 0.3 is 0 Å². The van der Waals surface area contributed by atoms with Gasteiger partial charge in [0.15, 0.2) is 0 Å². The highest BCUT2D eigenvalue weighted by Crippen LogP contribution is 2.13. The van der Waals surface area contributed by atoms with Crippen LogP contribution in [0.4, 0.5) is 0 Å². The van der Waals surface area contributed by atoms with E-state index in [1.807, 2.05) is 0 Å². The van der Waals surface area contributed by atoms with Crippen molar-refractivity contribution in [2.24, 2.45) is 34.8 Å². The van der Waals surface area contributed by atoms with Crippen molar-refractivity contribution in [3.8, 4) is 0 Å². The molecule has 1 aliphatic rings. The number of hydrogen-bond acceptors (Lipinski definition) is 18. The first-order chi connectivity index (χ1) is 39.1. The van der Waals surface area contributed by atoms with Gasteiger partial charge < -0.3 is 96.5 Å². The van der Waals surface area contributed by atoms with Crippen LogP contribution in [0.25, 0.3) is 0 Å². The van der Waals surface area contributed by atoms with E-state index >= 15 is 0 Å². The molecule has 0 unspecified atom stereocenters. The summed E-state index contributed by atoms with van der Waals surface area (Å²) in [4.78, 5) is 155. The van der Waals surface area contributed by atoms with Gasteiger partial charge in [0, 0.05) is 13.0 Å². The lowest BCUT2D eigenvalue weighted by Gasteiger charge is -2.29. The van der Waals surface area contributed by atoms with Crippen LogP contribution < -0.4 is 81.4 Å². The van der Waals surface area contributed by atoms with Crippen LogP contribution in [0.15, 0.2) is 0 Å². The van der Waals surface area contributed by atoms with Crippen molar-refractivity contribution in [1.29, 1.82) is 0 Å². The van der Waals surface area contributed by atoms with E-state index in [0.717, 1.165) is 25.7 Å². The first kappa shape index (κ1) is 74.9. The quantitative estimate of drug-likeness (QED) is 0.0299. The Morgan fingerprint density at radius 1 is 0.554 bits per heavy atom. The number of rotatable bonds is 30. The molecule has 0 aliphatic carbocycles. The van der Waals surface area contributed by atoms with Gasteiger partial charge in [-0.25, -0.2) is 0 Å². The van der Waals surface area contributed by atoms with Crippen LogP contribution in [0.5, 0.6) is 0 Å². The van der Waals surface area contributed by atoms with Crippen molar-refractivity contribution in [2.45, 2.75) is 211 Å². The molecule has 29 heteroatoms. The zero-order valence-electron chi connectivity index (χ0n) is 50.4. The lowest BCUT2D eigenvalue weighted by Crippen LogP contribution is -2.62. The average molecular weight is 1180 g/mol.